The molecule has 0 heterocycles. The Morgan fingerprint density at radius 1 is 1.25 bits per heavy atom. The zero-order valence-electron chi connectivity index (χ0n) is 9.61. The third-order valence-corrected chi connectivity index (χ3v) is 3.13. The monoisotopic (exact) mass is 235 g/mol. The van der Waals surface area contributed by atoms with Gasteiger partial charge in [0.2, 0.25) is 0 Å². The number of unbranched alkanes of at least 4 members (excludes halogenated alkanes) is 1. The summed E-state index contributed by atoms with van der Waals surface area (Å²) in [7, 11) is 0. The molecule has 0 atom stereocenters. The van der Waals surface area contributed by atoms with Gasteiger partial charge in [-0.05, 0) is 31.2 Å². The van der Waals surface area contributed by atoms with Crippen LogP contribution in [0.5, 0.6) is 5.75 Å². The zero-order chi connectivity index (χ0) is 11.6. The molecule has 0 fully saturated rings. The van der Waals surface area contributed by atoms with Gasteiger partial charge in [-0.2, -0.15) is 17.0 Å². The first-order valence-corrected chi connectivity index (χ1v) is 6.62. The van der Waals surface area contributed by atoms with Crippen molar-refractivity contribution in [1.82, 2.24) is 0 Å². The molecule has 0 spiro atoms. The smallest absolute Gasteiger partial charge is 0.119 e. The third-order valence-electron chi connectivity index (χ3n) is 2.09. The van der Waals surface area contributed by atoms with E-state index in [2.05, 4.69) is 25.1 Å². The molecule has 0 amide bonds. The molecule has 16 heavy (non-hydrogen) atoms. The second-order valence-corrected chi connectivity index (χ2v) is 4.76. The lowest BCUT2D eigenvalue weighted by Crippen LogP contribution is -2.00. The van der Waals surface area contributed by atoms with Crippen molar-refractivity contribution in [2.45, 2.75) is 19.8 Å². The van der Waals surface area contributed by atoms with Crippen LogP contribution in [-0.4, -0.2) is 18.1 Å². The second kappa shape index (κ2) is 8.06. The number of aryl methyl sites for hydroxylation is 1. The van der Waals surface area contributed by atoms with Crippen LogP contribution < -0.4 is 4.74 Å². The Balaban J connectivity index is 2.03. The Labute approximate surface area is 102 Å². The normalized spacial score (nSPS) is 9.75. The van der Waals surface area contributed by atoms with E-state index in [4.69, 9.17) is 10.00 Å². The largest absolute Gasteiger partial charge is 0.493 e. The van der Waals surface area contributed by atoms with Crippen molar-refractivity contribution in [3.8, 4) is 11.8 Å². The molecule has 1 rings (SSSR count). The fraction of sp³-hybridized carbons (Fsp3) is 0.462. The van der Waals surface area contributed by atoms with E-state index in [-0.39, 0.29) is 0 Å². The number of ether oxygens (including phenoxy) is 1. The second-order valence-electron chi connectivity index (χ2n) is 3.54. The molecular formula is C13H17NOS. The van der Waals surface area contributed by atoms with Gasteiger partial charge in [0.05, 0.1) is 12.7 Å². The van der Waals surface area contributed by atoms with Crippen molar-refractivity contribution in [3.05, 3.63) is 29.8 Å². The molecule has 0 unspecified atom stereocenters. The Kier molecular flexibility index (Phi) is 6.52. The van der Waals surface area contributed by atoms with E-state index in [0.29, 0.717) is 6.42 Å². The minimum atomic E-state index is 0.659. The van der Waals surface area contributed by atoms with Gasteiger partial charge in [0.25, 0.3) is 0 Å². The van der Waals surface area contributed by atoms with Gasteiger partial charge < -0.3 is 4.74 Å². The van der Waals surface area contributed by atoms with Crippen LogP contribution in [0.4, 0.5) is 0 Å². The van der Waals surface area contributed by atoms with Crippen molar-refractivity contribution < 1.29 is 4.74 Å². The molecule has 0 saturated carbocycles. The van der Waals surface area contributed by atoms with Crippen LogP contribution in [0.15, 0.2) is 24.3 Å². The summed E-state index contributed by atoms with van der Waals surface area (Å²) < 4.78 is 5.58. The van der Waals surface area contributed by atoms with Gasteiger partial charge in [0.1, 0.15) is 5.75 Å². The summed E-state index contributed by atoms with van der Waals surface area (Å²) in [6.07, 6.45) is 1.64. The molecule has 0 aliphatic rings. The van der Waals surface area contributed by atoms with E-state index in [1.807, 2.05) is 23.9 Å². The van der Waals surface area contributed by atoms with Gasteiger partial charge in [-0.25, -0.2) is 0 Å². The number of nitrogens with zero attached hydrogens (tertiary/aromatic N) is 1. The highest BCUT2D eigenvalue weighted by molar-refractivity contribution is 7.99. The minimum Gasteiger partial charge on any atom is -0.493 e. The van der Waals surface area contributed by atoms with E-state index in [1.54, 1.807) is 0 Å². The van der Waals surface area contributed by atoms with Crippen molar-refractivity contribution in [2.75, 3.05) is 18.1 Å². The molecule has 0 saturated heterocycles. The van der Waals surface area contributed by atoms with Crippen LogP contribution >= 0.6 is 11.8 Å². The number of hydrogen-bond donors (Lipinski definition) is 0. The molecule has 0 N–H and O–H groups in total. The highest BCUT2D eigenvalue weighted by Crippen LogP contribution is 2.12. The van der Waals surface area contributed by atoms with Crippen LogP contribution in [-0.2, 0) is 0 Å². The molecule has 1 aromatic rings. The summed E-state index contributed by atoms with van der Waals surface area (Å²) in [4.78, 5) is 0. The number of rotatable bonds is 7. The van der Waals surface area contributed by atoms with Gasteiger partial charge >= 0.3 is 0 Å². The number of benzene rings is 1. The molecule has 0 aliphatic carbocycles. The molecule has 0 aliphatic heterocycles. The first kappa shape index (κ1) is 12.9. The lowest BCUT2D eigenvalue weighted by molar-refractivity contribution is 0.344. The van der Waals surface area contributed by atoms with E-state index in [9.17, 15) is 0 Å². The van der Waals surface area contributed by atoms with E-state index >= 15 is 0 Å². The topological polar surface area (TPSA) is 33.0 Å². The highest BCUT2D eigenvalue weighted by Gasteiger charge is 1.93. The quantitative estimate of drug-likeness (QED) is 0.679. The predicted molar refractivity (Wildman–Crippen MR) is 68.8 cm³/mol. The van der Waals surface area contributed by atoms with Gasteiger partial charge in [-0.1, -0.05) is 17.7 Å². The lowest BCUT2D eigenvalue weighted by Gasteiger charge is -2.05. The SMILES string of the molecule is Cc1ccc(OCCSCCCC#N)cc1. The molecule has 0 aromatic heterocycles. The molecule has 2 nitrogen and oxygen atoms in total. The Hall–Kier alpha value is -1.14. The van der Waals surface area contributed by atoms with Crippen molar-refractivity contribution in [1.29, 1.82) is 5.26 Å². The number of nitriles is 1. The van der Waals surface area contributed by atoms with Crippen LogP contribution in [0.1, 0.15) is 18.4 Å². The maximum absolute atomic E-state index is 8.36. The van der Waals surface area contributed by atoms with Gasteiger partial charge in [0.15, 0.2) is 0 Å². The third kappa shape index (κ3) is 5.67. The standard InChI is InChI=1S/C13H17NOS/c1-12-4-6-13(7-5-12)15-9-11-16-10-3-2-8-14/h4-7H,2-3,9-11H2,1H3. The summed E-state index contributed by atoms with van der Waals surface area (Å²) in [5, 5.41) is 8.36. The Morgan fingerprint density at radius 3 is 2.69 bits per heavy atom. The first-order chi connectivity index (χ1) is 7.83. The van der Waals surface area contributed by atoms with E-state index in [1.165, 1.54) is 5.56 Å². The fourth-order valence-corrected chi connectivity index (χ4v) is 1.96. The van der Waals surface area contributed by atoms with Crippen molar-refractivity contribution in [3.63, 3.8) is 0 Å². The summed E-state index contributed by atoms with van der Waals surface area (Å²) in [5.74, 6) is 2.97. The fourth-order valence-electron chi connectivity index (χ4n) is 1.21. The van der Waals surface area contributed by atoms with Gasteiger partial charge in [0, 0.05) is 12.2 Å². The van der Waals surface area contributed by atoms with E-state index in [0.717, 1.165) is 30.3 Å². The zero-order valence-corrected chi connectivity index (χ0v) is 10.4. The first-order valence-electron chi connectivity index (χ1n) is 5.47. The van der Waals surface area contributed by atoms with Crippen LogP contribution in [0.3, 0.4) is 0 Å². The maximum Gasteiger partial charge on any atom is 0.119 e. The molecular weight excluding hydrogens is 218 g/mol. The Morgan fingerprint density at radius 2 is 2.00 bits per heavy atom. The summed E-state index contributed by atoms with van der Waals surface area (Å²) >= 11 is 1.84. The Bertz CT molecular complexity index is 329. The van der Waals surface area contributed by atoms with Crippen LogP contribution in [0.2, 0.25) is 0 Å². The van der Waals surface area contributed by atoms with Gasteiger partial charge in [-0.15, -0.1) is 0 Å². The maximum atomic E-state index is 8.36. The van der Waals surface area contributed by atoms with Crippen LogP contribution in [0.25, 0.3) is 0 Å². The number of hydrogen-bond acceptors (Lipinski definition) is 3. The molecule has 3 heteroatoms. The predicted octanol–water partition coefficient (Wildman–Crippen LogP) is 3.41. The number of thioether (sulfide) groups is 1. The summed E-state index contributed by atoms with van der Waals surface area (Å²) in [6, 6.07) is 10.2. The van der Waals surface area contributed by atoms with Crippen LogP contribution in [0, 0.1) is 18.3 Å². The average molecular weight is 235 g/mol. The lowest BCUT2D eigenvalue weighted by atomic mass is 10.2. The molecule has 1 aromatic carbocycles. The molecule has 86 valence electrons. The summed E-state index contributed by atoms with van der Waals surface area (Å²) in [6.45, 7) is 2.80. The minimum absolute atomic E-state index is 0.659. The van der Waals surface area contributed by atoms with Gasteiger partial charge in [-0.3, -0.25) is 0 Å². The average Bonchev–Trinajstić information content (AvgIpc) is 2.30. The summed E-state index contributed by atoms with van der Waals surface area (Å²) in [5.41, 5.74) is 1.25. The molecule has 0 bridgehead atoms. The van der Waals surface area contributed by atoms with E-state index < -0.39 is 0 Å². The molecule has 0 radical (unpaired) electrons. The van der Waals surface area contributed by atoms with Crippen molar-refractivity contribution in [2.24, 2.45) is 0 Å². The van der Waals surface area contributed by atoms with Crippen molar-refractivity contribution >= 4 is 11.8 Å². The highest BCUT2D eigenvalue weighted by atomic mass is 32.2.